The summed E-state index contributed by atoms with van der Waals surface area (Å²) in [6.45, 7) is 2.51. The van der Waals surface area contributed by atoms with Crippen LogP contribution in [0.5, 0.6) is 0 Å². The number of alkyl halides is 3. The molecule has 0 atom stereocenters. The summed E-state index contributed by atoms with van der Waals surface area (Å²) in [5.74, 6) is -4.30. The number of carbonyl (C=O) groups is 1. The summed E-state index contributed by atoms with van der Waals surface area (Å²) in [5, 5.41) is 7.37. The van der Waals surface area contributed by atoms with Crippen LogP contribution in [0.1, 0.15) is 57.1 Å². The molecule has 4 aromatic rings. The molecule has 1 fully saturated rings. The van der Waals surface area contributed by atoms with Crippen molar-refractivity contribution in [3.63, 3.8) is 0 Å². The molecule has 1 aliphatic rings. The van der Waals surface area contributed by atoms with Crippen LogP contribution in [0.25, 0.3) is 22.2 Å². The first-order valence-electron chi connectivity index (χ1n) is 14.5. The molecular formula is C30H30F6N6O4S. The second-order valence-electron chi connectivity index (χ2n) is 11.4. The number of amides is 1. The maximum Gasteiger partial charge on any atom is 0.523 e. The molecule has 17 heteroatoms. The average Bonchev–Trinajstić information content (AvgIpc) is 3.40. The van der Waals surface area contributed by atoms with Crippen molar-refractivity contribution in [1.82, 2.24) is 20.1 Å². The highest BCUT2D eigenvalue weighted by Gasteiger charge is 2.32. The Kier molecular flexibility index (Phi) is 9.41. The van der Waals surface area contributed by atoms with Gasteiger partial charge in [0.2, 0.25) is 5.91 Å². The van der Waals surface area contributed by atoms with Gasteiger partial charge in [-0.05, 0) is 69.2 Å². The summed E-state index contributed by atoms with van der Waals surface area (Å²) in [4.78, 5) is 15.5. The van der Waals surface area contributed by atoms with Gasteiger partial charge in [-0.25, -0.2) is 26.6 Å². The summed E-state index contributed by atoms with van der Waals surface area (Å²) in [5.41, 5.74) is 6.41. The van der Waals surface area contributed by atoms with Gasteiger partial charge in [-0.2, -0.15) is 5.10 Å². The number of nitrogens with zero attached hydrogens (tertiary/aromatic N) is 3. The quantitative estimate of drug-likeness (QED) is 0.180. The Hall–Kier alpha value is -4.38. The first kappa shape index (κ1) is 34.0. The van der Waals surface area contributed by atoms with Gasteiger partial charge < -0.3 is 11.1 Å². The fourth-order valence-corrected chi connectivity index (χ4v) is 6.85. The minimum Gasteiger partial charge on any atom is -0.383 e. The molecule has 0 bridgehead atoms. The number of hydrogen-bond donors (Lipinski definition) is 3. The molecule has 1 amide bonds. The second kappa shape index (κ2) is 13.0. The molecule has 4 N–H and O–H groups in total. The van der Waals surface area contributed by atoms with E-state index in [9.17, 15) is 30.8 Å². The molecule has 5 rings (SSSR count). The molecule has 0 saturated heterocycles. The van der Waals surface area contributed by atoms with Crippen LogP contribution in [0.3, 0.4) is 0 Å². The maximum absolute atomic E-state index is 15.7. The molecule has 10 nitrogen and oxygen atoms in total. The Morgan fingerprint density at radius 3 is 2.38 bits per heavy atom. The van der Waals surface area contributed by atoms with E-state index in [1.165, 1.54) is 12.1 Å². The number of benzene rings is 2. The Morgan fingerprint density at radius 1 is 1.06 bits per heavy atom. The van der Waals surface area contributed by atoms with E-state index in [1.54, 1.807) is 10.9 Å². The van der Waals surface area contributed by atoms with Gasteiger partial charge >= 0.3 is 6.36 Å². The number of fused-ring (bicyclic) bond motifs is 1. The number of pyridine rings is 1. The minimum absolute atomic E-state index is 0.0135. The lowest BCUT2D eigenvalue weighted by Gasteiger charge is -2.30. The SMILES string of the molecule is CC(C)n1nc(-c2cc(F)c(NS(=O)(=O)c3ccccc3F)cc2F)c2c(N)ncc([C@H]3CC[C@H](NC(=O)COC(F)(F)F)CC3)c21. The molecule has 0 spiro atoms. The van der Waals surface area contributed by atoms with E-state index in [4.69, 9.17) is 5.73 Å². The number of sulfonamides is 1. The number of rotatable bonds is 9. The molecule has 252 valence electrons. The molecule has 0 unspecified atom stereocenters. The minimum atomic E-state index is -4.92. The van der Waals surface area contributed by atoms with Crippen LogP contribution in [0.15, 0.2) is 47.5 Å². The highest BCUT2D eigenvalue weighted by atomic mass is 32.2. The third-order valence-corrected chi connectivity index (χ3v) is 9.25. The second-order valence-corrected chi connectivity index (χ2v) is 13.1. The summed E-state index contributed by atoms with van der Waals surface area (Å²) in [6, 6.07) is 5.20. The van der Waals surface area contributed by atoms with Gasteiger partial charge in [0.15, 0.2) is 0 Å². The fraction of sp³-hybridized carbons (Fsp3) is 0.367. The number of aromatic nitrogens is 3. The van der Waals surface area contributed by atoms with E-state index >= 15 is 8.78 Å². The van der Waals surface area contributed by atoms with Crippen molar-refractivity contribution in [3.05, 3.63) is 65.6 Å². The maximum atomic E-state index is 15.7. The summed E-state index contributed by atoms with van der Waals surface area (Å²) in [7, 11) is -4.60. The standard InChI is InChI=1S/C30H30F6N6O4S/c1-15(2)42-28-19(16-7-9-17(10-8-16)39-25(43)14-46-30(34,35)36)13-38-29(37)26(28)27(40-42)18-11-22(33)23(12-21(18)32)41-47(44,45)24-6-4-3-5-20(24)31/h3-6,11-13,15-17,41H,7-10,14H2,1-2H3,(H2,37,38)(H,39,43)/t16-,17-. The first-order chi connectivity index (χ1) is 22.1. The zero-order valence-corrected chi connectivity index (χ0v) is 25.9. The molecule has 2 aromatic heterocycles. The van der Waals surface area contributed by atoms with Gasteiger partial charge in [0, 0.05) is 29.9 Å². The number of nitrogens with two attached hydrogens (primary N) is 1. The Bertz CT molecular complexity index is 1920. The number of anilines is 2. The number of ether oxygens (including phenoxy) is 1. The number of carbonyl (C=O) groups excluding carboxylic acids is 1. The predicted molar refractivity (Wildman–Crippen MR) is 160 cm³/mol. The van der Waals surface area contributed by atoms with E-state index < -0.39 is 56.9 Å². The smallest absolute Gasteiger partial charge is 0.383 e. The van der Waals surface area contributed by atoms with Crippen molar-refractivity contribution >= 4 is 38.3 Å². The topological polar surface area (TPSA) is 141 Å². The van der Waals surface area contributed by atoms with Crippen LogP contribution in [-0.4, -0.2) is 48.1 Å². The number of nitrogen functional groups attached to an aromatic ring is 1. The van der Waals surface area contributed by atoms with E-state index in [0.29, 0.717) is 42.8 Å². The Morgan fingerprint density at radius 2 is 1.74 bits per heavy atom. The molecular weight excluding hydrogens is 654 g/mol. The van der Waals surface area contributed by atoms with Crippen LogP contribution in [-0.2, 0) is 19.6 Å². The number of hydrogen-bond acceptors (Lipinski definition) is 7. The van der Waals surface area contributed by atoms with Gasteiger partial charge in [0.25, 0.3) is 10.0 Å². The lowest BCUT2D eigenvalue weighted by atomic mass is 9.81. The molecule has 47 heavy (non-hydrogen) atoms. The van der Waals surface area contributed by atoms with Gasteiger partial charge in [-0.1, -0.05) is 12.1 Å². The largest absolute Gasteiger partial charge is 0.523 e. The molecule has 1 aliphatic carbocycles. The lowest BCUT2D eigenvalue weighted by molar-refractivity contribution is -0.321. The molecule has 0 aliphatic heterocycles. The van der Waals surface area contributed by atoms with Crippen molar-refractivity contribution in [2.24, 2.45) is 0 Å². The van der Waals surface area contributed by atoms with Crippen LogP contribution in [0.4, 0.5) is 37.8 Å². The average molecular weight is 685 g/mol. The highest BCUT2D eigenvalue weighted by molar-refractivity contribution is 7.92. The highest BCUT2D eigenvalue weighted by Crippen LogP contribution is 2.42. The molecule has 2 aromatic carbocycles. The van der Waals surface area contributed by atoms with Gasteiger partial charge in [-0.15, -0.1) is 13.2 Å². The van der Waals surface area contributed by atoms with Crippen LogP contribution < -0.4 is 15.8 Å². The number of halogens is 6. The predicted octanol–water partition coefficient (Wildman–Crippen LogP) is 6.16. The Labute approximate surface area is 265 Å². The summed E-state index contributed by atoms with van der Waals surface area (Å²) in [6.07, 6.45) is -1.42. The van der Waals surface area contributed by atoms with Crippen LogP contribution in [0.2, 0.25) is 0 Å². The lowest BCUT2D eigenvalue weighted by Crippen LogP contribution is -2.40. The molecule has 0 radical (unpaired) electrons. The third kappa shape index (κ3) is 7.30. The van der Waals surface area contributed by atoms with Gasteiger partial charge in [0.1, 0.15) is 40.5 Å². The summed E-state index contributed by atoms with van der Waals surface area (Å²) < 4.78 is 115. The van der Waals surface area contributed by atoms with Crippen molar-refractivity contribution in [3.8, 4) is 11.3 Å². The third-order valence-electron chi connectivity index (χ3n) is 7.85. The van der Waals surface area contributed by atoms with E-state index in [-0.39, 0.29) is 40.5 Å². The van der Waals surface area contributed by atoms with Gasteiger partial charge in [0.05, 0.1) is 16.6 Å². The molecule has 1 saturated carbocycles. The van der Waals surface area contributed by atoms with Crippen molar-refractivity contribution in [2.75, 3.05) is 17.1 Å². The number of nitrogens with one attached hydrogen (secondary N) is 2. The van der Waals surface area contributed by atoms with Crippen LogP contribution in [0, 0.1) is 17.5 Å². The van der Waals surface area contributed by atoms with E-state index in [2.05, 4.69) is 20.1 Å². The van der Waals surface area contributed by atoms with E-state index in [1.807, 2.05) is 18.6 Å². The fourth-order valence-electron chi connectivity index (χ4n) is 5.71. The van der Waals surface area contributed by atoms with Crippen molar-refractivity contribution < 1.29 is 44.3 Å². The monoisotopic (exact) mass is 684 g/mol. The van der Waals surface area contributed by atoms with Gasteiger partial charge in [-0.3, -0.25) is 18.9 Å². The van der Waals surface area contributed by atoms with E-state index in [0.717, 1.165) is 18.2 Å². The zero-order valence-electron chi connectivity index (χ0n) is 25.0. The van der Waals surface area contributed by atoms with Crippen LogP contribution >= 0.6 is 0 Å². The first-order valence-corrected chi connectivity index (χ1v) is 16.0. The normalized spacial score (nSPS) is 17.3. The molecule has 2 heterocycles. The zero-order chi connectivity index (χ0) is 34.3. The summed E-state index contributed by atoms with van der Waals surface area (Å²) >= 11 is 0. The van der Waals surface area contributed by atoms with Crippen molar-refractivity contribution in [1.29, 1.82) is 0 Å². The Balaban J connectivity index is 1.45. The van der Waals surface area contributed by atoms with Crippen molar-refractivity contribution in [2.45, 2.75) is 68.8 Å².